The van der Waals surface area contributed by atoms with E-state index in [-0.39, 0.29) is 23.9 Å². The van der Waals surface area contributed by atoms with Gasteiger partial charge in [-0.15, -0.1) is 12.4 Å². The molecule has 0 aliphatic heterocycles. The number of aromatic nitrogens is 2. The highest BCUT2D eigenvalue weighted by atomic mass is 35.5. The van der Waals surface area contributed by atoms with Crippen molar-refractivity contribution in [3.05, 3.63) is 53.3 Å². The molecule has 0 aliphatic carbocycles. The maximum absolute atomic E-state index is 9.80. The van der Waals surface area contributed by atoms with Crippen LogP contribution in [0.1, 0.15) is 17.0 Å². The van der Waals surface area contributed by atoms with E-state index in [0.29, 0.717) is 11.9 Å². The van der Waals surface area contributed by atoms with Gasteiger partial charge in [0.25, 0.3) is 0 Å². The van der Waals surface area contributed by atoms with Crippen LogP contribution in [-0.2, 0) is 6.42 Å². The van der Waals surface area contributed by atoms with Crippen LogP contribution in [0.25, 0.3) is 11.0 Å². The number of hydrogen-bond donors (Lipinski definition) is 3. The fourth-order valence-electron chi connectivity index (χ4n) is 2.15. The number of nitrogens with zero attached hydrogens (tertiary/aromatic N) is 1. The van der Waals surface area contributed by atoms with Gasteiger partial charge in [0, 0.05) is 6.42 Å². The van der Waals surface area contributed by atoms with Crippen LogP contribution in [0.4, 0.5) is 0 Å². The number of benzene rings is 2. The maximum Gasteiger partial charge on any atom is 0.143 e. The molecule has 0 unspecified atom stereocenters. The number of aryl methyl sites for hydroxylation is 1. The summed E-state index contributed by atoms with van der Waals surface area (Å²) >= 11 is 0. The summed E-state index contributed by atoms with van der Waals surface area (Å²) in [5.74, 6) is 1.24. The second kappa shape index (κ2) is 5.43. The van der Waals surface area contributed by atoms with Crippen molar-refractivity contribution in [3.63, 3.8) is 0 Å². The summed E-state index contributed by atoms with van der Waals surface area (Å²) < 4.78 is 0. The van der Waals surface area contributed by atoms with Crippen LogP contribution >= 0.6 is 12.4 Å². The molecule has 3 N–H and O–H groups in total. The van der Waals surface area contributed by atoms with Crippen molar-refractivity contribution in [1.82, 2.24) is 9.97 Å². The molecule has 104 valence electrons. The summed E-state index contributed by atoms with van der Waals surface area (Å²) in [5.41, 5.74) is 3.58. The van der Waals surface area contributed by atoms with Crippen LogP contribution in [0, 0.1) is 6.92 Å². The molecule has 0 amide bonds. The summed E-state index contributed by atoms with van der Waals surface area (Å²) in [6.07, 6.45) is 0.633. The van der Waals surface area contributed by atoms with E-state index in [1.54, 1.807) is 18.2 Å². The van der Waals surface area contributed by atoms with Gasteiger partial charge in [-0.05, 0) is 36.2 Å². The molecule has 0 saturated heterocycles. The molecule has 5 heteroatoms. The smallest absolute Gasteiger partial charge is 0.143 e. The van der Waals surface area contributed by atoms with Crippen LogP contribution in [0.15, 0.2) is 36.4 Å². The summed E-state index contributed by atoms with van der Waals surface area (Å²) in [7, 11) is 0. The Bertz CT molecular complexity index is 696. The predicted molar refractivity (Wildman–Crippen MR) is 80.7 cm³/mol. The molecule has 2 aromatic carbocycles. The van der Waals surface area contributed by atoms with E-state index in [4.69, 9.17) is 0 Å². The number of aromatic hydroxyl groups is 2. The fourth-order valence-corrected chi connectivity index (χ4v) is 2.15. The molecule has 1 heterocycles. The van der Waals surface area contributed by atoms with Crippen molar-refractivity contribution in [2.75, 3.05) is 0 Å². The lowest BCUT2D eigenvalue weighted by Crippen LogP contribution is -1.89. The minimum Gasteiger partial charge on any atom is -0.508 e. The third-order valence-electron chi connectivity index (χ3n) is 3.19. The van der Waals surface area contributed by atoms with Crippen LogP contribution < -0.4 is 0 Å². The molecule has 0 saturated carbocycles. The van der Waals surface area contributed by atoms with Gasteiger partial charge in [-0.2, -0.15) is 0 Å². The molecule has 0 spiro atoms. The normalized spacial score (nSPS) is 10.4. The van der Waals surface area contributed by atoms with Crippen molar-refractivity contribution in [2.24, 2.45) is 0 Å². The Morgan fingerprint density at radius 3 is 2.40 bits per heavy atom. The molecule has 0 aliphatic rings. The lowest BCUT2D eigenvalue weighted by atomic mass is 10.1. The second-order valence-electron chi connectivity index (χ2n) is 4.65. The number of fused-ring (bicyclic) bond motifs is 1. The van der Waals surface area contributed by atoms with Crippen LogP contribution in [0.3, 0.4) is 0 Å². The van der Waals surface area contributed by atoms with E-state index in [1.807, 2.05) is 25.1 Å². The number of H-pyrrole nitrogens is 1. The zero-order chi connectivity index (χ0) is 13.4. The highest BCUT2D eigenvalue weighted by Gasteiger charge is 2.09. The Kier molecular flexibility index (Phi) is 3.86. The van der Waals surface area contributed by atoms with E-state index in [0.717, 1.165) is 22.5 Å². The number of rotatable bonds is 2. The van der Waals surface area contributed by atoms with Gasteiger partial charge in [-0.3, -0.25) is 0 Å². The summed E-state index contributed by atoms with van der Waals surface area (Å²) in [5, 5.41) is 19.0. The SMILES string of the molecule is Cc1ccc(O)c2nc(Cc3ccc(O)cc3)[nH]c12.Cl. The highest BCUT2D eigenvalue weighted by molar-refractivity contribution is 5.85. The first kappa shape index (κ1) is 14.2. The Balaban J connectivity index is 0.00000147. The van der Waals surface area contributed by atoms with Gasteiger partial charge in [0.15, 0.2) is 0 Å². The minimum atomic E-state index is 0. The van der Waals surface area contributed by atoms with E-state index >= 15 is 0 Å². The van der Waals surface area contributed by atoms with Gasteiger partial charge in [0.2, 0.25) is 0 Å². The molecule has 20 heavy (non-hydrogen) atoms. The average molecular weight is 291 g/mol. The van der Waals surface area contributed by atoms with Crippen molar-refractivity contribution in [1.29, 1.82) is 0 Å². The molecule has 0 bridgehead atoms. The van der Waals surface area contributed by atoms with E-state index in [2.05, 4.69) is 9.97 Å². The number of halogens is 1. The van der Waals surface area contributed by atoms with Gasteiger partial charge in [0.05, 0.1) is 5.52 Å². The maximum atomic E-state index is 9.80. The van der Waals surface area contributed by atoms with E-state index < -0.39 is 0 Å². The molecule has 0 fully saturated rings. The molecule has 1 aromatic heterocycles. The second-order valence-corrected chi connectivity index (χ2v) is 4.65. The molecular weight excluding hydrogens is 276 g/mol. The summed E-state index contributed by atoms with van der Waals surface area (Å²) in [6.45, 7) is 1.98. The monoisotopic (exact) mass is 290 g/mol. The third kappa shape index (κ3) is 2.56. The third-order valence-corrected chi connectivity index (χ3v) is 3.19. The van der Waals surface area contributed by atoms with Crippen LogP contribution in [0.5, 0.6) is 11.5 Å². The molecule has 3 aromatic rings. The van der Waals surface area contributed by atoms with Gasteiger partial charge in [0.1, 0.15) is 22.8 Å². The molecule has 0 atom stereocenters. The number of phenols is 2. The first-order valence-corrected chi connectivity index (χ1v) is 6.08. The highest BCUT2D eigenvalue weighted by Crippen LogP contribution is 2.25. The van der Waals surface area contributed by atoms with Gasteiger partial charge < -0.3 is 15.2 Å². The Labute approximate surface area is 122 Å². The number of aromatic amines is 1. The van der Waals surface area contributed by atoms with Crippen molar-refractivity contribution < 1.29 is 10.2 Å². The number of hydrogen-bond acceptors (Lipinski definition) is 3. The van der Waals surface area contributed by atoms with E-state index in [9.17, 15) is 10.2 Å². The molecule has 4 nitrogen and oxygen atoms in total. The zero-order valence-electron chi connectivity index (χ0n) is 10.9. The van der Waals surface area contributed by atoms with Crippen molar-refractivity contribution in [2.45, 2.75) is 13.3 Å². The lowest BCUT2D eigenvalue weighted by molar-refractivity contribution is 0.475. The number of phenolic OH excluding ortho intramolecular Hbond substituents is 2. The first-order chi connectivity index (χ1) is 9.13. The Morgan fingerprint density at radius 1 is 1.05 bits per heavy atom. The van der Waals surface area contributed by atoms with E-state index in [1.165, 1.54) is 0 Å². The standard InChI is InChI=1S/C15H14N2O2.ClH/c1-9-2-7-12(19)15-14(9)16-13(17-15)8-10-3-5-11(18)6-4-10;/h2-7,18-19H,8H2,1H3,(H,16,17);1H. The molecular formula is C15H15ClN2O2. The quantitative estimate of drug-likeness (QED) is 0.678. The molecule has 3 rings (SSSR count). The first-order valence-electron chi connectivity index (χ1n) is 6.08. The van der Waals surface area contributed by atoms with Gasteiger partial charge in [-0.1, -0.05) is 18.2 Å². The van der Waals surface area contributed by atoms with Gasteiger partial charge in [-0.25, -0.2) is 4.98 Å². The van der Waals surface area contributed by atoms with Crippen LogP contribution in [-0.4, -0.2) is 20.2 Å². The number of imidazole rings is 1. The molecule has 0 radical (unpaired) electrons. The zero-order valence-corrected chi connectivity index (χ0v) is 11.7. The minimum absolute atomic E-state index is 0. The van der Waals surface area contributed by atoms with Crippen molar-refractivity contribution >= 4 is 23.4 Å². The summed E-state index contributed by atoms with van der Waals surface area (Å²) in [6, 6.07) is 10.5. The Hall–Kier alpha value is -2.20. The largest absolute Gasteiger partial charge is 0.508 e. The Morgan fingerprint density at radius 2 is 1.75 bits per heavy atom. The fraction of sp³-hybridized carbons (Fsp3) is 0.133. The topological polar surface area (TPSA) is 69.1 Å². The predicted octanol–water partition coefficient (Wildman–Crippen LogP) is 3.30. The number of nitrogens with one attached hydrogen (secondary N) is 1. The average Bonchev–Trinajstić information content (AvgIpc) is 2.82. The van der Waals surface area contributed by atoms with Gasteiger partial charge >= 0.3 is 0 Å². The van der Waals surface area contributed by atoms with Crippen molar-refractivity contribution in [3.8, 4) is 11.5 Å². The lowest BCUT2D eigenvalue weighted by Gasteiger charge is -1.98. The summed E-state index contributed by atoms with van der Waals surface area (Å²) in [4.78, 5) is 7.66. The van der Waals surface area contributed by atoms with Crippen LogP contribution in [0.2, 0.25) is 0 Å².